The van der Waals surface area contributed by atoms with Crippen LogP contribution in [0.3, 0.4) is 0 Å². The van der Waals surface area contributed by atoms with Crippen LogP contribution in [0.4, 0.5) is 0 Å². The number of hydrogen-bond donors (Lipinski definition) is 1. The molecule has 0 saturated heterocycles. The second kappa shape index (κ2) is 65.1. The van der Waals surface area contributed by atoms with E-state index in [0.717, 1.165) is 141 Å². The summed E-state index contributed by atoms with van der Waals surface area (Å²) >= 11 is 0. The highest BCUT2D eigenvalue weighted by Crippen LogP contribution is 2.38. The minimum atomic E-state index is -4.72. The maximum absolute atomic E-state index is 13.6. The molecule has 498 valence electrons. The molecule has 0 aromatic rings. The minimum Gasteiger partial charge on any atom is -0.756 e. The number of allylic oxidation sites excluding steroid dienone is 21. The molecular weight excluding hydrogens is 1100 g/mol. The molecule has 0 radical (unpaired) electrons. The number of ether oxygens (including phenoxy) is 1. The summed E-state index contributed by atoms with van der Waals surface area (Å²) in [5, 5.41) is 3.03. The van der Waals surface area contributed by atoms with Crippen molar-refractivity contribution in [1.29, 1.82) is 0 Å². The smallest absolute Gasteiger partial charge is 0.306 e. The molecule has 0 aliphatic carbocycles. The number of nitrogens with zero attached hydrogens (tertiary/aromatic N) is 1. The van der Waals surface area contributed by atoms with Crippen LogP contribution in [-0.2, 0) is 27.9 Å². The quantitative estimate of drug-likeness (QED) is 0.0212. The number of unbranched alkanes of at least 4 members (excludes halogenated alkanes) is 27. The fourth-order valence-corrected chi connectivity index (χ4v) is 10.4. The monoisotopic (exact) mass is 1230 g/mol. The van der Waals surface area contributed by atoms with E-state index >= 15 is 0 Å². The lowest BCUT2D eigenvalue weighted by atomic mass is 10.0. The standard InChI is InChI=1S/C77H133N2O7P/c1-7-10-13-16-19-22-25-27-29-31-33-35-37-38-39-40-42-43-45-47-49-51-54-57-60-63-66-69-76(80)78-74(73-85-87(82,83)84-72-71-79(4,5)6)75(68-65-62-59-56-53-24-21-18-15-12-9-3)86-77(81)70-67-64-61-58-55-52-50-48-46-44-41-36-34-32-30-28-26-23-20-17-14-11-8-2/h10-11,13-14,19-20,22-23,27-30,33-36,38-39,44,46,65,68,74-75H,7-9,12,15-18,21,24-26,31-32,37,40-43,45,47-64,66-67,69-73H2,1-6H3,(H-,78,80,82,83)/b13-10-,14-11-,22-19-,23-20-,29-27-,30-28-,35-33-,36-34-,39-38-,46-44-,68-65-. The Hall–Kier alpha value is -3.85. The lowest BCUT2D eigenvalue weighted by Gasteiger charge is -2.30. The first-order chi connectivity index (χ1) is 42.4. The second-order valence-corrected chi connectivity index (χ2v) is 26.0. The van der Waals surface area contributed by atoms with Crippen LogP contribution < -0.4 is 10.2 Å². The average Bonchev–Trinajstić information content (AvgIpc) is 3.70. The Balaban J connectivity index is 5.06. The lowest BCUT2D eigenvalue weighted by Crippen LogP contribution is -2.47. The fourth-order valence-electron chi connectivity index (χ4n) is 9.69. The fraction of sp³-hybridized carbons (Fsp3) is 0.688. The maximum atomic E-state index is 13.6. The third-order valence-electron chi connectivity index (χ3n) is 15.1. The van der Waals surface area contributed by atoms with E-state index in [9.17, 15) is 19.0 Å². The van der Waals surface area contributed by atoms with Gasteiger partial charge in [-0.25, -0.2) is 0 Å². The molecule has 0 saturated carbocycles. The largest absolute Gasteiger partial charge is 0.756 e. The van der Waals surface area contributed by atoms with Crippen molar-refractivity contribution in [2.24, 2.45) is 0 Å². The molecule has 0 rings (SSSR count). The van der Waals surface area contributed by atoms with Gasteiger partial charge in [0.15, 0.2) is 0 Å². The van der Waals surface area contributed by atoms with Crippen molar-refractivity contribution in [3.05, 3.63) is 134 Å². The Morgan fingerprint density at radius 3 is 1.10 bits per heavy atom. The van der Waals surface area contributed by atoms with E-state index < -0.39 is 26.6 Å². The normalized spacial score (nSPS) is 14.3. The zero-order chi connectivity index (χ0) is 63.5. The van der Waals surface area contributed by atoms with E-state index in [4.69, 9.17) is 13.8 Å². The molecule has 0 spiro atoms. The van der Waals surface area contributed by atoms with E-state index in [1.165, 1.54) is 109 Å². The topological polar surface area (TPSA) is 114 Å². The zero-order valence-corrected chi connectivity index (χ0v) is 57.8. The summed E-state index contributed by atoms with van der Waals surface area (Å²) in [7, 11) is 1.16. The van der Waals surface area contributed by atoms with Crippen molar-refractivity contribution in [2.45, 2.75) is 303 Å². The van der Waals surface area contributed by atoms with Crippen LogP contribution in [0, 0.1) is 0 Å². The van der Waals surface area contributed by atoms with Crippen molar-refractivity contribution in [3.8, 4) is 0 Å². The van der Waals surface area contributed by atoms with Gasteiger partial charge >= 0.3 is 5.97 Å². The zero-order valence-electron chi connectivity index (χ0n) is 56.9. The molecule has 0 aromatic carbocycles. The first kappa shape index (κ1) is 83.2. The number of rotatable bonds is 63. The van der Waals surface area contributed by atoms with Gasteiger partial charge in [0, 0.05) is 12.8 Å². The number of carbonyl (C=O) groups excluding carboxylic acids is 2. The molecule has 87 heavy (non-hydrogen) atoms. The Morgan fingerprint density at radius 1 is 0.414 bits per heavy atom. The predicted molar refractivity (Wildman–Crippen MR) is 376 cm³/mol. The minimum absolute atomic E-state index is 0.0313. The van der Waals surface area contributed by atoms with Gasteiger partial charge in [0.05, 0.1) is 33.8 Å². The molecule has 0 fully saturated rings. The van der Waals surface area contributed by atoms with Crippen molar-refractivity contribution < 1.29 is 37.3 Å². The van der Waals surface area contributed by atoms with Gasteiger partial charge in [-0.15, -0.1) is 0 Å². The summed E-state index contributed by atoms with van der Waals surface area (Å²) in [6.07, 6.45) is 92.9. The van der Waals surface area contributed by atoms with Crippen LogP contribution in [0.25, 0.3) is 0 Å². The van der Waals surface area contributed by atoms with E-state index in [1.54, 1.807) is 0 Å². The summed E-state index contributed by atoms with van der Waals surface area (Å²) in [4.78, 5) is 40.2. The molecule has 9 nitrogen and oxygen atoms in total. The summed E-state index contributed by atoms with van der Waals surface area (Å²) in [5.74, 6) is -0.561. The molecule has 0 heterocycles. The molecule has 3 atom stereocenters. The highest BCUT2D eigenvalue weighted by molar-refractivity contribution is 7.45. The van der Waals surface area contributed by atoms with Crippen LogP contribution in [0.1, 0.15) is 290 Å². The van der Waals surface area contributed by atoms with Gasteiger partial charge in [0.25, 0.3) is 7.82 Å². The van der Waals surface area contributed by atoms with Crippen molar-refractivity contribution in [1.82, 2.24) is 5.32 Å². The number of quaternary nitrogens is 1. The molecule has 1 N–H and O–H groups in total. The molecule has 1 amide bonds. The number of hydrogen-bond acceptors (Lipinski definition) is 7. The molecule has 0 aliphatic heterocycles. The van der Waals surface area contributed by atoms with Gasteiger partial charge in [0.2, 0.25) is 5.91 Å². The van der Waals surface area contributed by atoms with E-state index in [-0.39, 0.29) is 24.9 Å². The van der Waals surface area contributed by atoms with Gasteiger partial charge in [-0.2, -0.15) is 0 Å². The number of esters is 1. The Labute approximate surface area is 536 Å². The number of amides is 1. The van der Waals surface area contributed by atoms with E-state index in [0.29, 0.717) is 23.9 Å². The van der Waals surface area contributed by atoms with Gasteiger partial charge in [-0.05, 0) is 122 Å². The van der Waals surface area contributed by atoms with E-state index in [2.05, 4.69) is 148 Å². The van der Waals surface area contributed by atoms with Crippen LogP contribution in [-0.4, -0.2) is 69.4 Å². The van der Waals surface area contributed by atoms with Gasteiger partial charge in [-0.3, -0.25) is 14.2 Å². The van der Waals surface area contributed by atoms with Crippen molar-refractivity contribution in [2.75, 3.05) is 40.9 Å². The highest BCUT2D eigenvalue weighted by atomic mass is 31.2. The van der Waals surface area contributed by atoms with E-state index in [1.807, 2.05) is 33.3 Å². The summed E-state index contributed by atoms with van der Waals surface area (Å²) in [6.45, 7) is 6.60. The second-order valence-electron chi connectivity index (χ2n) is 24.6. The Bertz CT molecular complexity index is 1950. The number of likely N-dealkylation sites (N-methyl/N-ethyl adjacent to an activating group) is 1. The summed E-state index contributed by atoms with van der Waals surface area (Å²) in [6, 6.07) is -0.905. The van der Waals surface area contributed by atoms with Gasteiger partial charge in [0.1, 0.15) is 19.3 Å². The molecule has 3 unspecified atom stereocenters. The maximum Gasteiger partial charge on any atom is 0.306 e. The van der Waals surface area contributed by atoms with Gasteiger partial charge in [-0.1, -0.05) is 290 Å². The van der Waals surface area contributed by atoms with Crippen LogP contribution in [0.2, 0.25) is 0 Å². The number of carbonyl (C=O) groups is 2. The third kappa shape index (κ3) is 66.4. The van der Waals surface area contributed by atoms with Crippen molar-refractivity contribution in [3.63, 3.8) is 0 Å². The van der Waals surface area contributed by atoms with Crippen molar-refractivity contribution >= 4 is 19.7 Å². The molecule has 10 heteroatoms. The molecule has 0 aliphatic rings. The highest BCUT2D eigenvalue weighted by Gasteiger charge is 2.27. The third-order valence-corrected chi connectivity index (χ3v) is 16.0. The first-order valence-corrected chi connectivity index (χ1v) is 37.0. The Kier molecular flexibility index (Phi) is 62.2. The number of phosphoric ester groups is 1. The van der Waals surface area contributed by atoms with Crippen LogP contribution in [0.15, 0.2) is 134 Å². The summed E-state index contributed by atoms with van der Waals surface area (Å²) < 4.78 is 30.4. The van der Waals surface area contributed by atoms with Gasteiger partial charge < -0.3 is 28.5 Å². The predicted octanol–water partition coefficient (Wildman–Crippen LogP) is 22.2. The van der Waals surface area contributed by atoms with Crippen LogP contribution >= 0.6 is 7.82 Å². The average molecular weight is 1230 g/mol. The first-order valence-electron chi connectivity index (χ1n) is 35.5. The molecule has 0 bridgehead atoms. The molecule has 0 aromatic heterocycles. The Morgan fingerprint density at radius 2 is 0.736 bits per heavy atom. The van der Waals surface area contributed by atoms with Crippen LogP contribution in [0.5, 0.6) is 0 Å². The number of phosphoric acid groups is 1. The lowest BCUT2D eigenvalue weighted by molar-refractivity contribution is -0.870. The summed E-state index contributed by atoms with van der Waals surface area (Å²) in [5.41, 5.74) is 0. The molecular formula is C77H133N2O7P. The SMILES string of the molecule is CC/C=C\C/C=C\C/C=C\C/C=C\C/C=C\CCCCCCCCCCCCCC(=O)NC(COP(=O)([O-])OCC[N+](C)(C)C)C(/C=C\CCCCCCCCCCC)OC(=O)CCCCCCCCC/C=C\C/C=C\C/C=C\C/C=C\C/C=C\CC. The number of nitrogens with one attached hydrogen (secondary N) is 1.